The molecule has 1 aromatic heterocycles. The lowest BCUT2D eigenvalue weighted by Gasteiger charge is -2.09. The van der Waals surface area contributed by atoms with Crippen molar-refractivity contribution in [2.75, 3.05) is 12.3 Å². The third kappa shape index (κ3) is 5.63. The summed E-state index contributed by atoms with van der Waals surface area (Å²) in [5.74, 6) is 2.27. The SMILES string of the molecule is Cc1noc(C)c1COc1cccc(C(=O)NCCCSc2ccccc2)c1. The van der Waals surface area contributed by atoms with Crippen molar-refractivity contribution in [3.8, 4) is 5.75 Å². The van der Waals surface area contributed by atoms with Gasteiger partial charge in [-0.2, -0.15) is 0 Å². The molecule has 0 aliphatic carbocycles. The molecule has 6 heteroatoms. The van der Waals surface area contributed by atoms with Gasteiger partial charge in [0.25, 0.3) is 5.91 Å². The monoisotopic (exact) mass is 396 g/mol. The summed E-state index contributed by atoms with van der Waals surface area (Å²) in [4.78, 5) is 13.6. The maximum atomic E-state index is 12.4. The van der Waals surface area contributed by atoms with Crippen molar-refractivity contribution < 1.29 is 14.1 Å². The molecule has 1 amide bonds. The number of carbonyl (C=O) groups is 1. The van der Waals surface area contributed by atoms with Gasteiger partial charge in [-0.25, -0.2) is 0 Å². The summed E-state index contributed by atoms with van der Waals surface area (Å²) in [6, 6.07) is 17.5. The molecule has 0 saturated carbocycles. The summed E-state index contributed by atoms with van der Waals surface area (Å²) in [5.41, 5.74) is 2.34. The van der Waals surface area contributed by atoms with Crippen LogP contribution in [0.15, 0.2) is 64.0 Å². The average molecular weight is 397 g/mol. The second-order valence-electron chi connectivity index (χ2n) is 6.39. The molecule has 3 aromatic rings. The van der Waals surface area contributed by atoms with E-state index in [-0.39, 0.29) is 5.91 Å². The Morgan fingerprint density at radius 2 is 1.96 bits per heavy atom. The Balaban J connectivity index is 1.44. The van der Waals surface area contributed by atoms with E-state index >= 15 is 0 Å². The minimum Gasteiger partial charge on any atom is -0.489 e. The van der Waals surface area contributed by atoms with Gasteiger partial charge in [-0.15, -0.1) is 11.8 Å². The molecular weight excluding hydrogens is 372 g/mol. The van der Waals surface area contributed by atoms with Gasteiger partial charge in [0.05, 0.1) is 11.3 Å². The fourth-order valence-corrected chi connectivity index (χ4v) is 3.55. The summed E-state index contributed by atoms with van der Waals surface area (Å²) in [6.45, 7) is 4.75. The lowest BCUT2D eigenvalue weighted by atomic mass is 10.2. The Hall–Kier alpha value is -2.73. The van der Waals surface area contributed by atoms with Crippen molar-refractivity contribution in [3.05, 3.63) is 77.2 Å². The minimum absolute atomic E-state index is 0.0903. The third-order valence-electron chi connectivity index (χ3n) is 4.28. The first-order valence-corrected chi connectivity index (χ1v) is 10.2. The highest BCUT2D eigenvalue weighted by molar-refractivity contribution is 7.99. The molecule has 0 aliphatic heterocycles. The van der Waals surface area contributed by atoms with Crippen LogP contribution < -0.4 is 10.1 Å². The maximum absolute atomic E-state index is 12.4. The van der Waals surface area contributed by atoms with E-state index < -0.39 is 0 Å². The zero-order valence-corrected chi connectivity index (χ0v) is 16.9. The van der Waals surface area contributed by atoms with Gasteiger partial charge < -0.3 is 14.6 Å². The zero-order chi connectivity index (χ0) is 19.8. The number of amides is 1. The summed E-state index contributed by atoms with van der Waals surface area (Å²) >= 11 is 1.79. The van der Waals surface area contributed by atoms with Crippen LogP contribution in [0.1, 0.15) is 33.8 Å². The van der Waals surface area contributed by atoms with Crippen molar-refractivity contribution in [1.82, 2.24) is 10.5 Å². The highest BCUT2D eigenvalue weighted by atomic mass is 32.2. The number of aryl methyl sites for hydroxylation is 2. The number of carbonyl (C=O) groups excluding carboxylic acids is 1. The Kier molecular flexibility index (Phi) is 7.14. The second-order valence-corrected chi connectivity index (χ2v) is 7.56. The molecule has 3 rings (SSSR count). The van der Waals surface area contributed by atoms with E-state index in [4.69, 9.17) is 9.26 Å². The fraction of sp³-hybridized carbons (Fsp3) is 0.273. The molecule has 5 nitrogen and oxygen atoms in total. The number of nitrogens with one attached hydrogen (secondary N) is 1. The van der Waals surface area contributed by atoms with E-state index in [2.05, 4.69) is 22.6 Å². The number of nitrogens with zero attached hydrogens (tertiary/aromatic N) is 1. The highest BCUT2D eigenvalue weighted by Gasteiger charge is 2.11. The van der Waals surface area contributed by atoms with Crippen LogP contribution in [0.5, 0.6) is 5.75 Å². The number of ether oxygens (including phenoxy) is 1. The van der Waals surface area contributed by atoms with Gasteiger partial charge in [0, 0.05) is 17.0 Å². The summed E-state index contributed by atoms with van der Waals surface area (Å²) < 4.78 is 11.0. The minimum atomic E-state index is -0.0903. The van der Waals surface area contributed by atoms with Crippen molar-refractivity contribution in [3.63, 3.8) is 0 Å². The second kappa shape index (κ2) is 9.99. The van der Waals surface area contributed by atoms with E-state index in [1.807, 2.05) is 44.2 Å². The Bertz CT molecular complexity index is 890. The van der Waals surface area contributed by atoms with E-state index in [1.165, 1.54) is 4.90 Å². The first-order valence-electron chi connectivity index (χ1n) is 9.24. The van der Waals surface area contributed by atoms with Crippen molar-refractivity contribution in [2.24, 2.45) is 0 Å². The van der Waals surface area contributed by atoms with E-state index in [9.17, 15) is 4.79 Å². The lowest BCUT2D eigenvalue weighted by molar-refractivity contribution is 0.0953. The van der Waals surface area contributed by atoms with Gasteiger partial charge in [-0.3, -0.25) is 4.79 Å². The van der Waals surface area contributed by atoms with Gasteiger partial charge in [0.1, 0.15) is 18.1 Å². The standard InChI is InChI=1S/C22H24N2O3S/c1-16-21(17(2)27-24-16)15-26-19-9-6-8-18(14-19)22(25)23-12-7-13-28-20-10-4-3-5-11-20/h3-6,8-11,14H,7,12-13,15H2,1-2H3,(H,23,25). The zero-order valence-electron chi connectivity index (χ0n) is 16.1. The summed E-state index contributed by atoms with van der Waals surface area (Å²) in [7, 11) is 0. The van der Waals surface area contributed by atoms with Gasteiger partial charge in [0.2, 0.25) is 0 Å². The number of thioether (sulfide) groups is 1. The molecule has 0 aliphatic rings. The van der Waals surface area contributed by atoms with Crippen LogP contribution in [0.25, 0.3) is 0 Å². The topological polar surface area (TPSA) is 64.4 Å². The Labute approximate surface area is 169 Å². The molecule has 1 N–H and O–H groups in total. The van der Waals surface area contributed by atoms with Gasteiger partial charge >= 0.3 is 0 Å². The molecule has 0 bridgehead atoms. The van der Waals surface area contributed by atoms with Gasteiger partial charge in [-0.05, 0) is 56.4 Å². The van der Waals surface area contributed by atoms with E-state index in [1.54, 1.807) is 23.9 Å². The van der Waals surface area contributed by atoms with Crippen LogP contribution in [-0.2, 0) is 6.61 Å². The molecule has 0 spiro atoms. The Morgan fingerprint density at radius 3 is 2.71 bits per heavy atom. The molecule has 0 fully saturated rings. The predicted octanol–water partition coefficient (Wildman–Crippen LogP) is 4.78. The summed E-state index contributed by atoms with van der Waals surface area (Å²) in [6.07, 6.45) is 0.910. The van der Waals surface area contributed by atoms with E-state index in [0.29, 0.717) is 24.5 Å². The molecule has 2 aromatic carbocycles. The molecule has 0 radical (unpaired) electrons. The van der Waals surface area contributed by atoms with Crippen LogP contribution in [0.4, 0.5) is 0 Å². The third-order valence-corrected chi connectivity index (χ3v) is 5.38. The smallest absolute Gasteiger partial charge is 0.251 e. The van der Waals surface area contributed by atoms with Gasteiger partial charge in [0.15, 0.2) is 0 Å². The van der Waals surface area contributed by atoms with Crippen molar-refractivity contribution in [1.29, 1.82) is 0 Å². The summed E-state index contributed by atoms with van der Waals surface area (Å²) in [5, 5.41) is 6.89. The highest BCUT2D eigenvalue weighted by Crippen LogP contribution is 2.19. The fourth-order valence-electron chi connectivity index (χ4n) is 2.67. The number of rotatable bonds is 9. The van der Waals surface area contributed by atoms with Crippen LogP contribution in [0, 0.1) is 13.8 Å². The number of aromatic nitrogens is 1. The average Bonchev–Trinajstić information content (AvgIpc) is 3.04. The van der Waals surface area contributed by atoms with Crippen LogP contribution in [-0.4, -0.2) is 23.4 Å². The van der Waals surface area contributed by atoms with Gasteiger partial charge in [-0.1, -0.05) is 29.4 Å². The normalized spacial score (nSPS) is 10.6. The first kappa shape index (κ1) is 20.0. The molecular formula is C22H24N2O3S. The molecule has 28 heavy (non-hydrogen) atoms. The van der Waals surface area contributed by atoms with E-state index in [0.717, 1.165) is 29.2 Å². The van der Waals surface area contributed by atoms with Crippen LogP contribution in [0.2, 0.25) is 0 Å². The quantitative estimate of drug-likeness (QED) is 0.416. The number of hydrogen-bond acceptors (Lipinski definition) is 5. The molecule has 0 unspecified atom stereocenters. The Morgan fingerprint density at radius 1 is 1.14 bits per heavy atom. The van der Waals surface area contributed by atoms with Crippen LogP contribution >= 0.6 is 11.8 Å². The van der Waals surface area contributed by atoms with Crippen LogP contribution in [0.3, 0.4) is 0 Å². The largest absolute Gasteiger partial charge is 0.489 e. The first-order chi connectivity index (χ1) is 13.6. The van der Waals surface area contributed by atoms with Crippen molar-refractivity contribution >= 4 is 17.7 Å². The molecule has 146 valence electrons. The molecule has 1 heterocycles. The predicted molar refractivity (Wildman–Crippen MR) is 111 cm³/mol. The number of hydrogen-bond donors (Lipinski definition) is 1. The molecule has 0 atom stereocenters. The number of benzene rings is 2. The molecule has 0 saturated heterocycles. The lowest BCUT2D eigenvalue weighted by Crippen LogP contribution is -2.24. The van der Waals surface area contributed by atoms with Crippen molar-refractivity contribution in [2.45, 2.75) is 31.8 Å². The maximum Gasteiger partial charge on any atom is 0.251 e.